The first-order valence-corrected chi connectivity index (χ1v) is 10.6. The Hall–Kier alpha value is -1.85. The van der Waals surface area contributed by atoms with E-state index in [9.17, 15) is 4.79 Å². The van der Waals surface area contributed by atoms with Gasteiger partial charge < -0.3 is 10.1 Å². The molecule has 0 saturated carbocycles. The Kier molecular flexibility index (Phi) is 5.50. The number of halogens is 1. The van der Waals surface area contributed by atoms with Gasteiger partial charge in [-0.2, -0.15) is 0 Å². The molecule has 0 radical (unpaired) electrons. The summed E-state index contributed by atoms with van der Waals surface area (Å²) < 4.78 is 6.31. The van der Waals surface area contributed by atoms with Gasteiger partial charge in [0.2, 0.25) is 0 Å². The highest BCUT2D eigenvalue weighted by atomic mass is 79.9. The molecule has 2 aliphatic heterocycles. The lowest BCUT2D eigenvalue weighted by atomic mass is 9.86. The summed E-state index contributed by atoms with van der Waals surface area (Å²) in [4.78, 5) is 15.3. The average molecular weight is 429 g/mol. The third kappa shape index (κ3) is 3.90. The van der Waals surface area contributed by atoms with Crippen molar-refractivity contribution in [1.82, 2.24) is 4.90 Å². The highest BCUT2D eigenvalue weighted by Crippen LogP contribution is 2.37. The molecule has 27 heavy (non-hydrogen) atoms. The minimum Gasteiger partial charge on any atom is -0.493 e. The Morgan fingerprint density at radius 2 is 2.11 bits per heavy atom. The number of fused-ring (bicyclic) bond motifs is 3. The van der Waals surface area contributed by atoms with Gasteiger partial charge in [0.05, 0.1) is 11.1 Å². The smallest absolute Gasteiger partial charge is 0.255 e. The van der Waals surface area contributed by atoms with Crippen LogP contribution in [0.1, 0.15) is 53.7 Å². The number of hydrogen-bond acceptors (Lipinski definition) is 3. The number of hydrogen-bond donors (Lipinski definition) is 1. The Morgan fingerprint density at radius 3 is 2.93 bits per heavy atom. The molecule has 1 saturated heterocycles. The number of ether oxygens (including phenoxy) is 1. The van der Waals surface area contributed by atoms with E-state index in [1.54, 1.807) is 6.07 Å². The lowest BCUT2D eigenvalue weighted by Gasteiger charge is -2.40. The first-order chi connectivity index (χ1) is 13.2. The van der Waals surface area contributed by atoms with E-state index in [0.717, 1.165) is 28.9 Å². The maximum atomic E-state index is 12.7. The van der Waals surface area contributed by atoms with Crippen LogP contribution >= 0.6 is 15.9 Å². The molecule has 2 aromatic rings. The minimum absolute atomic E-state index is 0.102. The van der Waals surface area contributed by atoms with Gasteiger partial charge in [-0.15, -0.1) is 0 Å². The van der Waals surface area contributed by atoms with E-state index in [1.165, 1.54) is 36.9 Å². The van der Waals surface area contributed by atoms with Crippen LogP contribution in [-0.4, -0.2) is 30.5 Å². The number of amides is 1. The molecule has 4 rings (SSSR count). The molecule has 0 bridgehead atoms. The Labute approximate surface area is 169 Å². The van der Waals surface area contributed by atoms with E-state index < -0.39 is 0 Å². The molecular weight excluding hydrogens is 404 g/mol. The van der Waals surface area contributed by atoms with Crippen molar-refractivity contribution in [2.45, 2.75) is 38.6 Å². The second kappa shape index (κ2) is 8.03. The van der Waals surface area contributed by atoms with Crippen LogP contribution in [0.2, 0.25) is 0 Å². The van der Waals surface area contributed by atoms with Crippen LogP contribution in [0.5, 0.6) is 5.75 Å². The molecule has 0 spiro atoms. The number of rotatable bonds is 4. The van der Waals surface area contributed by atoms with E-state index in [1.807, 2.05) is 25.1 Å². The molecule has 5 heteroatoms. The number of nitrogens with zero attached hydrogens (tertiary/aromatic N) is 1. The van der Waals surface area contributed by atoms with Crippen molar-refractivity contribution in [2.75, 3.05) is 25.0 Å². The molecule has 1 amide bonds. The van der Waals surface area contributed by atoms with Crippen molar-refractivity contribution in [3.8, 4) is 5.75 Å². The Morgan fingerprint density at radius 1 is 1.22 bits per heavy atom. The van der Waals surface area contributed by atoms with E-state index >= 15 is 0 Å². The molecule has 0 aromatic heterocycles. The predicted octanol–water partition coefficient (Wildman–Crippen LogP) is 5.18. The van der Waals surface area contributed by atoms with Crippen molar-refractivity contribution in [3.63, 3.8) is 0 Å². The molecular formula is C22H25BrN2O2. The lowest BCUT2D eigenvalue weighted by molar-refractivity contribution is 0.102. The van der Waals surface area contributed by atoms with Gasteiger partial charge in [-0.25, -0.2) is 0 Å². The van der Waals surface area contributed by atoms with Crippen LogP contribution in [0, 0.1) is 0 Å². The van der Waals surface area contributed by atoms with Gasteiger partial charge in [-0.05, 0) is 90.1 Å². The van der Waals surface area contributed by atoms with Crippen LogP contribution in [0.3, 0.4) is 0 Å². The quantitative estimate of drug-likeness (QED) is 0.728. The van der Waals surface area contributed by atoms with Crippen molar-refractivity contribution >= 4 is 27.5 Å². The van der Waals surface area contributed by atoms with Crippen molar-refractivity contribution in [1.29, 1.82) is 0 Å². The van der Waals surface area contributed by atoms with Crippen LogP contribution in [0.15, 0.2) is 40.9 Å². The van der Waals surface area contributed by atoms with E-state index in [2.05, 4.69) is 38.3 Å². The lowest BCUT2D eigenvalue weighted by Crippen LogP contribution is -2.38. The van der Waals surface area contributed by atoms with Crippen LogP contribution in [0.4, 0.5) is 5.69 Å². The second-order valence-corrected chi connectivity index (χ2v) is 8.10. The van der Waals surface area contributed by atoms with Gasteiger partial charge in [-0.3, -0.25) is 9.69 Å². The number of carbonyl (C=O) groups is 1. The third-order valence-electron chi connectivity index (χ3n) is 5.54. The van der Waals surface area contributed by atoms with E-state index in [4.69, 9.17) is 4.74 Å². The molecule has 1 atom stereocenters. The van der Waals surface area contributed by atoms with E-state index in [-0.39, 0.29) is 5.91 Å². The SMILES string of the molecule is CCOc1ccc(C(=O)Nc2ccc3c(c2)C2CCCCN2CC3)cc1Br. The Balaban J connectivity index is 1.53. The minimum atomic E-state index is -0.102. The van der Waals surface area contributed by atoms with Crippen LogP contribution in [-0.2, 0) is 6.42 Å². The molecule has 2 heterocycles. The maximum absolute atomic E-state index is 12.7. The monoisotopic (exact) mass is 428 g/mol. The van der Waals surface area contributed by atoms with Crippen LogP contribution in [0.25, 0.3) is 0 Å². The third-order valence-corrected chi connectivity index (χ3v) is 6.16. The van der Waals surface area contributed by atoms with E-state index in [0.29, 0.717) is 18.2 Å². The summed E-state index contributed by atoms with van der Waals surface area (Å²) in [6.07, 6.45) is 4.91. The fraction of sp³-hybridized carbons (Fsp3) is 0.409. The average Bonchev–Trinajstić information content (AvgIpc) is 2.69. The maximum Gasteiger partial charge on any atom is 0.255 e. The molecule has 1 unspecified atom stereocenters. The summed E-state index contributed by atoms with van der Waals surface area (Å²) in [7, 11) is 0. The summed E-state index contributed by atoms with van der Waals surface area (Å²) in [6.45, 7) is 4.89. The topological polar surface area (TPSA) is 41.6 Å². The van der Waals surface area contributed by atoms with Crippen LogP contribution < -0.4 is 10.1 Å². The number of nitrogens with one attached hydrogen (secondary N) is 1. The van der Waals surface area contributed by atoms with Gasteiger partial charge in [0.25, 0.3) is 5.91 Å². The van der Waals surface area contributed by atoms with Crippen molar-refractivity contribution in [2.24, 2.45) is 0 Å². The highest BCUT2D eigenvalue weighted by molar-refractivity contribution is 9.10. The molecule has 4 nitrogen and oxygen atoms in total. The molecule has 1 fully saturated rings. The van der Waals surface area contributed by atoms with Gasteiger partial charge in [0.1, 0.15) is 5.75 Å². The number of piperidine rings is 1. The van der Waals surface area contributed by atoms with Gasteiger partial charge >= 0.3 is 0 Å². The second-order valence-electron chi connectivity index (χ2n) is 7.24. The Bertz CT molecular complexity index is 852. The zero-order chi connectivity index (χ0) is 18.8. The summed E-state index contributed by atoms with van der Waals surface area (Å²) in [6, 6.07) is 12.3. The molecule has 0 aliphatic carbocycles. The number of benzene rings is 2. The van der Waals surface area contributed by atoms with Gasteiger partial charge in [-0.1, -0.05) is 12.5 Å². The zero-order valence-corrected chi connectivity index (χ0v) is 17.2. The first kappa shape index (κ1) is 18.5. The van der Waals surface area contributed by atoms with Crippen molar-refractivity contribution < 1.29 is 9.53 Å². The summed E-state index contributed by atoms with van der Waals surface area (Å²) in [5, 5.41) is 3.06. The normalized spacial score (nSPS) is 19.1. The molecule has 2 aromatic carbocycles. The zero-order valence-electron chi connectivity index (χ0n) is 15.6. The number of carbonyl (C=O) groups excluding carboxylic acids is 1. The predicted molar refractivity (Wildman–Crippen MR) is 112 cm³/mol. The molecule has 1 N–H and O–H groups in total. The fourth-order valence-corrected chi connectivity index (χ4v) is 4.70. The van der Waals surface area contributed by atoms with Gasteiger partial charge in [0, 0.05) is 23.8 Å². The highest BCUT2D eigenvalue weighted by Gasteiger charge is 2.29. The fourth-order valence-electron chi connectivity index (χ4n) is 4.20. The summed E-state index contributed by atoms with van der Waals surface area (Å²) in [5.41, 5.74) is 4.31. The largest absolute Gasteiger partial charge is 0.493 e. The number of anilines is 1. The van der Waals surface area contributed by atoms with Crippen molar-refractivity contribution in [3.05, 3.63) is 57.6 Å². The van der Waals surface area contributed by atoms with Gasteiger partial charge in [0.15, 0.2) is 0 Å². The molecule has 142 valence electrons. The first-order valence-electron chi connectivity index (χ1n) is 9.76. The summed E-state index contributed by atoms with van der Waals surface area (Å²) >= 11 is 3.48. The summed E-state index contributed by atoms with van der Waals surface area (Å²) in [5.74, 6) is 0.648. The standard InChI is InChI=1S/C22H25BrN2O2/c1-2-27-21-9-7-16(13-19(21)23)22(26)24-17-8-6-15-10-12-25-11-4-3-5-20(25)18(15)14-17/h6-9,13-14,20H,2-5,10-12H2,1H3,(H,24,26). The molecule has 2 aliphatic rings.